The lowest BCUT2D eigenvalue weighted by Crippen LogP contribution is -2.24. The Hall–Kier alpha value is -3.50. The van der Waals surface area contributed by atoms with Crippen molar-refractivity contribution in [2.75, 3.05) is 23.1 Å². The van der Waals surface area contributed by atoms with Crippen molar-refractivity contribution in [2.24, 2.45) is 0 Å². The summed E-state index contributed by atoms with van der Waals surface area (Å²) in [7, 11) is -2.77. The highest BCUT2D eigenvalue weighted by atomic mass is 32.2. The number of nitrogens with zero attached hydrogens (tertiary/aromatic N) is 3. The maximum atomic E-state index is 12.5. The molecule has 0 atom stereocenters. The fraction of sp³-hybridized carbons (Fsp3) is 0.320. The Morgan fingerprint density at radius 1 is 0.886 bits per heavy atom. The van der Waals surface area contributed by atoms with Crippen LogP contribution in [-0.4, -0.2) is 36.5 Å². The maximum Gasteiger partial charge on any atom is 0.297 e. The predicted octanol–water partition coefficient (Wildman–Crippen LogP) is 5.47. The van der Waals surface area contributed by atoms with E-state index in [1.54, 1.807) is 24.3 Å². The molecule has 0 amide bonds. The Labute approximate surface area is 206 Å². The summed E-state index contributed by atoms with van der Waals surface area (Å²) >= 11 is 0. The van der Waals surface area contributed by atoms with Crippen LogP contribution in [-0.2, 0) is 14.3 Å². The molecule has 0 saturated heterocycles. The summed E-state index contributed by atoms with van der Waals surface area (Å²) in [6, 6.07) is 14.9. The van der Waals surface area contributed by atoms with E-state index < -0.39 is 10.1 Å². The lowest BCUT2D eigenvalue weighted by molar-refractivity contribution is 0.397. The molecular formula is C25H30N6O3S. The number of nitrogens with one attached hydrogen (secondary N) is 3. The van der Waals surface area contributed by atoms with Gasteiger partial charge < -0.3 is 16.0 Å². The van der Waals surface area contributed by atoms with Gasteiger partial charge in [0.25, 0.3) is 10.1 Å². The Morgan fingerprint density at radius 3 is 2.20 bits per heavy atom. The van der Waals surface area contributed by atoms with Gasteiger partial charge in [0.15, 0.2) is 0 Å². The van der Waals surface area contributed by atoms with Gasteiger partial charge in [-0.15, -0.1) is 0 Å². The largest absolute Gasteiger partial charge is 0.351 e. The molecule has 35 heavy (non-hydrogen) atoms. The van der Waals surface area contributed by atoms with Gasteiger partial charge in [0.05, 0.1) is 7.11 Å². The molecule has 10 heteroatoms. The summed E-state index contributed by atoms with van der Waals surface area (Å²) < 4.78 is 29.7. The first kappa shape index (κ1) is 24.6. The molecular weight excluding hydrogens is 464 g/mol. The minimum absolute atomic E-state index is 0.0559. The maximum absolute atomic E-state index is 12.5. The summed E-state index contributed by atoms with van der Waals surface area (Å²) in [5, 5.41) is 9.78. The fourth-order valence-corrected chi connectivity index (χ4v) is 4.87. The molecule has 1 aliphatic rings. The van der Waals surface area contributed by atoms with Gasteiger partial charge in [-0.05, 0) is 49.6 Å². The molecule has 1 aliphatic carbocycles. The van der Waals surface area contributed by atoms with Gasteiger partial charge in [0.2, 0.25) is 17.8 Å². The topological polar surface area (TPSA) is 118 Å². The van der Waals surface area contributed by atoms with Gasteiger partial charge in [0, 0.05) is 17.4 Å². The van der Waals surface area contributed by atoms with Gasteiger partial charge in [0.1, 0.15) is 4.90 Å². The van der Waals surface area contributed by atoms with Crippen LogP contribution in [0.2, 0.25) is 0 Å². The number of hydrogen-bond acceptors (Lipinski definition) is 9. The third kappa shape index (κ3) is 6.55. The van der Waals surface area contributed by atoms with Crippen LogP contribution in [0.5, 0.6) is 0 Å². The lowest BCUT2D eigenvalue weighted by atomic mass is 9.96. The molecule has 2 aromatic carbocycles. The van der Waals surface area contributed by atoms with Crippen LogP contribution in [0.3, 0.4) is 0 Å². The number of benzene rings is 2. The number of anilines is 5. The van der Waals surface area contributed by atoms with Crippen LogP contribution in [0.4, 0.5) is 29.2 Å². The first-order valence-corrected chi connectivity index (χ1v) is 13.1. The Kier molecular flexibility index (Phi) is 7.94. The summed E-state index contributed by atoms with van der Waals surface area (Å²) in [5.74, 6) is 1.13. The second kappa shape index (κ2) is 11.3. The van der Waals surface area contributed by atoms with Crippen molar-refractivity contribution < 1.29 is 12.6 Å². The molecule has 0 spiro atoms. The first-order valence-electron chi connectivity index (χ1n) is 11.7. The van der Waals surface area contributed by atoms with Crippen LogP contribution in [0.15, 0.2) is 59.5 Å². The monoisotopic (exact) mass is 494 g/mol. The number of allylic oxidation sites excluding steroid dienone is 1. The van der Waals surface area contributed by atoms with E-state index in [-0.39, 0.29) is 10.8 Å². The third-order valence-corrected chi connectivity index (χ3v) is 7.04. The van der Waals surface area contributed by atoms with Crippen molar-refractivity contribution >= 4 is 45.4 Å². The molecule has 1 saturated carbocycles. The summed E-state index contributed by atoms with van der Waals surface area (Å²) in [5.41, 5.74) is 1.88. The molecule has 4 rings (SSSR count). The van der Waals surface area contributed by atoms with E-state index in [0.29, 0.717) is 29.2 Å². The number of rotatable bonds is 9. The molecule has 1 fully saturated rings. The second-order valence-electron chi connectivity index (χ2n) is 8.27. The molecule has 1 aromatic heterocycles. The molecule has 0 aliphatic heterocycles. The highest BCUT2D eigenvalue weighted by Gasteiger charge is 2.19. The molecule has 0 bridgehead atoms. The minimum atomic E-state index is -3.91. The van der Waals surface area contributed by atoms with Crippen LogP contribution < -0.4 is 16.0 Å². The Morgan fingerprint density at radius 2 is 1.54 bits per heavy atom. The van der Waals surface area contributed by atoms with Crippen molar-refractivity contribution in [1.82, 2.24) is 15.0 Å². The second-order valence-corrected chi connectivity index (χ2v) is 9.96. The van der Waals surface area contributed by atoms with Crippen molar-refractivity contribution in [3.05, 3.63) is 60.2 Å². The SMILES string of the molecule is CC=Cc1ccc(Nc2nc(Nc3ccccc3)nc(NC3CCCCC3)n2)cc1S(=O)(=O)OC. The summed E-state index contributed by atoms with van der Waals surface area (Å²) in [4.78, 5) is 13.7. The smallest absolute Gasteiger partial charge is 0.297 e. The van der Waals surface area contributed by atoms with E-state index in [0.717, 1.165) is 25.6 Å². The van der Waals surface area contributed by atoms with E-state index in [9.17, 15) is 8.42 Å². The zero-order valence-electron chi connectivity index (χ0n) is 19.9. The van der Waals surface area contributed by atoms with Crippen molar-refractivity contribution in [3.63, 3.8) is 0 Å². The zero-order valence-corrected chi connectivity index (χ0v) is 20.7. The molecule has 0 unspecified atom stereocenters. The standard InChI is InChI=1S/C25H30N6O3S/c1-3-10-18-15-16-21(17-22(18)35(32,33)34-2)28-25-30-23(26-19-11-6-4-7-12-19)29-24(31-25)27-20-13-8-5-9-14-20/h3-4,6-7,10-12,15-17,20H,5,8-9,13-14H2,1-2H3,(H3,26,27,28,29,30,31). The van der Waals surface area contributed by atoms with Crippen molar-refractivity contribution in [1.29, 1.82) is 0 Å². The van der Waals surface area contributed by atoms with Gasteiger partial charge >= 0.3 is 0 Å². The van der Waals surface area contributed by atoms with Crippen LogP contribution in [0.25, 0.3) is 6.08 Å². The van der Waals surface area contributed by atoms with Gasteiger partial charge in [-0.3, -0.25) is 4.18 Å². The summed E-state index contributed by atoms with van der Waals surface area (Å²) in [6.45, 7) is 1.82. The molecule has 3 N–H and O–H groups in total. The van der Waals surface area contributed by atoms with Gasteiger partial charge in [-0.25, -0.2) is 0 Å². The summed E-state index contributed by atoms with van der Waals surface area (Å²) in [6.07, 6.45) is 9.23. The first-order chi connectivity index (χ1) is 17.0. The number of aromatic nitrogens is 3. The molecule has 0 radical (unpaired) electrons. The number of para-hydroxylation sites is 1. The van der Waals surface area contributed by atoms with E-state index in [1.165, 1.54) is 25.3 Å². The molecule has 3 aromatic rings. The van der Waals surface area contributed by atoms with E-state index in [2.05, 4.69) is 30.9 Å². The van der Waals surface area contributed by atoms with Gasteiger partial charge in [-0.2, -0.15) is 23.4 Å². The van der Waals surface area contributed by atoms with Crippen LogP contribution in [0, 0.1) is 0 Å². The average Bonchev–Trinajstić information content (AvgIpc) is 2.86. The quantitative estimate of drug-likeness (QED) is 0.333. The normalized spacial score (nSPS) is 14.7. The Balaban J connectivity index is 1.66. The molecule has 9 nitrogen and oxygen atoms in total. The highest BCUT2D eigenvalue weighted by Crippen LogP contribution is 2.27. The van der Waals surface area contributed by atoms with Crippen molar-refractivity contribution in [3.8, 4) is 0 Å². The van der Waals surface area contributed by atoms with E-state index >= 15 is 0 Å². The predicted molar refractivity (Wildman–Crippen MR) is 139 cm³/mol. The highest BCUT2D eigenvalue weighted by molar-refractivity contribution is 7.86. The third-order valence-electron chi connectivity index (χ3n) is 5.71. The van der Waals surface area contributed by atoms with Crippen LogP contribution in [0.1, 0.15) is 44.6 Å². The van der Waals surface area contributed by atoms with Crippen molar-refractivity contribution in [2.45, 2.75) is 50.0 Å². The number of hydrogen-bond donors (Lipinski definition) is 3. The fourth-order valence-electron chi connectivity index (χ4n) is 4.00. The van der Waals surface area contributed by atoms with Gasteiger partial charge in [-0.1, -0.05) is 55.7 Å². The lowest BCUT2D eigenvalue weighted by Gasteiger charge is -2.23. The van der Waals surface area contributed by atoms with E-state index in [1.807, 2.05) is 37.3 Å². The minimum Gasteiger partial charge on any atom is -0.351 e. The average molecular weight is 495 g/mol. The zero-order chi connectivity index (χ0) is 24.7. The van der Waals surface area contributed by atoms with E-state index in [4.69, 9.17) is 4.18 Å². The molecule has 184 valence electrons. The Bertz CT molecular complexity index is 1280. The molecule has 1 heterocycles. The van der Waals surface area contributed by atoms with Crippen LogP contribution >= 0.6 is 0 Å².